The zero-order chi connectivity index (χ0) is 23.0. The normalized spacial score (nSPS) is 18.0. The van der Waals surface area contributed by atoms with Gasteiger partial charge in [0.2, 0.25) is 0 Å². The first-order chi connectivity index (χ1) is 16.8. The Labute approximate surface area is 223 Å². The second-order valence-electron chi connectivity index (χ2n) is 9.91. The van der Waals surface area contributed by atoms with Gasteiger partial charge in [0.05, 0.1) is 0 Å². The smallest absolute Gasteiger partial charge is 0.119 e. The maximum absolute atomic E-state index is 6.01. The number of piperazine rings is 1. The molecule has 2 aliphatic rings. The molecule has 1 aliphatic heterocycles. The molecule has 3 aromatic rings. The van der Waals surface area contributed by atoms with E-state index in [0.29, 0.717) is 12.6 Å². The lowest BCUT2D eigenvalue weighted by molar-refractivity contribution is 0.0559. The first-order valence-electron chi connectivity index (χ1n) is 13.1. The highest BCUT2D eigenvalue weighted by atomic mass is 35.5. The van der Waals surface area contributed by atoms with E-state index in [9.17, 15) is 0 Å². The minimum atomic E-state index is 0. The summed E-state index contributed by atoms with van der Waals surface area (Å²) in [6.07, 6.45) is 8.11. The van der Waals surface area contributed by atoms with Gasteiger partial charge >= 0.3 is 0 Å². The Balaban J connectivity index is 0.00000180. The Morgan fingerprint density at radius 1 is 0.694 bits per heavy atom. The van der Waals surface area contributed by atoms with Crippen LogP contribution in [0.2, 0.25) is 0 Å². The number of nitrogens with zero attached hydrogens (tertiary/aromatic N) is 2. The number of benzene rings is 3. The minimum Gasteiger partial charge on any atom is -0.489 e. The number of hydrogen-bond acceptors (Lipinski definition) is 3. The van der Waals surface area contributed by atoms with Crippen LogP contribution < -0.4 is 4.74 Å². The predicted octanol–water partition coefficient (Wildman–Crippen LogP) is 6.10. The maximum atomic E-state index is 6.01. The molecule has 5 heteroatoms. The lowest BCUT2D eigenvalue weighted by Gasteiger charge is -2.43. The molecule has 0 spiro atoms. The zero-order valence-corrected chi connectivity index (χ0v) is 22.0. The molecule has 1 atom stereocenters. The molecule has 0 radical (unpaired) electrons. The van der Waals surface area contributed by atoms with Gasteiger partial charge in [0.25, 0.3) is 0 Å². The van der Waals surface area contributed by atoms with Gasteiger partial charge in [0.1, 0.15) is 12.4 Å². The standard InChI is InChI=1S/C31H38N2O.ClH.H2O/c1-4-10-27(11-5-1)25-34-30-18-16-26(17-19-30)24-31(28-12-6-2-7-13-28)33-22-20-32(21-23-33)29-14-8-3-9-15-29;;/h1-2,4-7,10-13,16-19,29,31H,3,8-9,14-15,20-25H2;1H;1H2. The van der Waals surface area contributed by atoms with Crippen molar-refractivity contribution in [1.82, 2.24) is 9.80 Å². The van der Waals surface area contributed by atoms with Crippen molar-refractivity contribution in [3.8, 4) is 5.75 Å². The number of hydrogen-bond donors (Lipinski definition) is 0. The largest absolute Gasteiger partial charge is 0.489 e. The van der Waals surface area contributed by atoms with E-state index >= 15 is 0 Å². The van der Waals surface area contributed by atoms with E-state index < -0.39 is 0 Å². The monoisotopic (exact) mass is 508 g/mol. The van der Waals surface area contributed by atoms with Crippen molar-refractivity contribution < 1.29 is 10.2 Å². The second kappa shape index (κ2) is 14.4. The quantitative estimate of drug-likeness (QED) is 0.369. The highest BCUT2D eigenvalue weighted by Gasteiger charge is 2.29. The van der Waals surface area contributed by atoms with Crippen molar-refractivity contribution in [2.45, 2.75) is 57.2 Å². The summed E-state index contributed by atoms with van der Waals surface area (Å²) in [7, 11) is 0. The number of ether oxygens (including phenoxy) is 1. The Morgan fingerprint density at radius 3 is 1.94 bits per heavy atom. The van der Waals surface area contributed by atoms with Gasteiger partial charge in [-0.2, -0.15) is 0 Å². The van der Waals surface area contributed by atoms with E-state index in [2.05, 4.69) is 88.7 Å². The first-order valence-corrected chi connectivity index (χ1v) is 13.1. The number of halogens is 1. The second-order valence-corrected chi connectivity index (χ2v) is 9.91. The van der Waals surface area contributed by atoms with E-state index in [4.69, 9.17) is 4.74 Å². The third-order valence-electron chi connectivity index (χ3n) is 7.67. The summed E-state index contributed by atoms with van der Waals surface area (Å²) in [4.78, 5) is 5.49. The van der Waals surface area contributed by atoms with Crippen molar-refractivity contribution >= 4 is 12.4 Å². The average molecular weight is 509 g/mol. The van der Waals surface area contributed by atoms with E-state index in [-0.39, 0.29) is 17.9 Å². The summed E-state index contributed by atoms with van der Waals surface area (Å²) in [5.41, 5.74) is 4.00. The molecule has 2 fully saturated rings. The van der Waals surface area contributed by atoms with Crippen LogP contribution in [0.5, 0.6) is 5.75 Å². The molecule has 1 saturated carbocycles. The topological polar surface area (TPSA) is 47.2 Å². The molecule has 5 rings (SSSR count). The van der Waals surface area contributed by atoms with Gasteiger partial charge in [-0.25, -0.2) is 0 Å². The van der Waals surface area contributed by atoms with E-state index in [1.165, 1.54) is 61.9 Å². The van der Waals surface area contributed by atoms with Gasteiger partial charge in [-0.3, -0.25) is 9.80 Å². The van der Waals surface area contributed by atoms with Crippen molar-refractivity contribution in [1.29, 1.82) is 0 Å². The molecule has 0 amide bonds. The summed E-state index contributed by atoms with van der Waals surface area (Å²) < 4.78 is 6.01. The van der Waals surface area contributed by atoms with E-state index in [1.54, 1.807) is 0 Å². The van der Waals surface area contributed by atoms with Crippen LogP contribution in [0.1, 0.15) is 54.8 Å². The van der Waals surface area contributed by atoms with Gasteiger partial charge < -0.3 is 10.2 Å². The fraction of sp³-hybridized carbons (Fsp3) is 0.419. The van der Waals surface area contributed by atoms with Crippen LogP contribution in [0.15, 0.2) is 84.9 Å². The van der Waals surface area contributed by atoms with Crippen LogP contribution in [-0.4, -0.2) is 47.5 Å². The average Bonchev–Trinajstić information content (AvgIpc) is 2.93. The van der Waals surface area contributed by atoms with Gasteiger partial charge in [0.15, 0.2) is 0 Å². The lowest BCUT2D eigenvalue weighted by atomic mass is 9.93. The summed E-state index contributed by atoms with van der Waals surface area (Å²) in [5, 5.41) is 0. The molecular weight excluding hydrogens is 468 g/mol. The summed E-state index contributed by atoms with van der Waals surface area (Å²) in [6, 6.07) is 31.4. The molecule has 1 aliphatic carbocycles. The highest BCUT2D eigenvalue weighted by Crippen LogP contribution is 2.29. The zero-order valence-electron chi connectivity index (χ0n) is 21.2. The first kappa shape index (κ1) is 28.2. The summed E-state index contributed by atoms with van der Waals surface area (Å²) >= 11 is 0. The Bertz CT molecular complexity index is 986. The molecule has 0 bridgehead atoms. The SMILES string of the molecule is Cl.O.c1ccc(COc2ccc(CC(c3ccccc3)N3CCN(C4CCCCC4)CC3)cc2)cc1. The van der Waals surface area contributed by atoms with Crippen molar-refractivity contribution in [2.24, 2.45) is 0 Å². The number of rotatable bonds is 8. The van der Waals surface area contributed by atoms with Gasteiger partial charge in [-0.15, -0.1) is 12.4 Å². The molecule has 1 unspecified atom stereocenters. The Hall–Kier alpha value is -2.37. The van der Waals surface area contributed by atoms with Gasteiger partial charge in [-0.05, 0) is 48.1 Å². The van der Waals surface area contributed by atoms with Crippen molar-refractivity contribution in [2.75, 3.05) is 26.2 Å². The van der Waals surface area contributed by atoms with Gasteiger partial charge in [0, 0.05) is 38.3 Å². The van der Waals surface area contributed by atoms with Crippen LogP contribution >= 0.6 is 12.4 Å². The third kappa shape index (κ3) is 7.57. The van der Waals surface area contributed by atoms with Crippen LogP contribution in [0, 0.1) is 0 Å². The molecule has 0 aromatic heterocycles. The highest BCUT2D eigenvalue weighted by molar-refractivity contribution is 5.85. The molecular formula is C31H41ClN2O2. The molecule has 1 saturated heterocycles. The van der Waals surface area contributed by atoms with Crippen LogP contribution in [0.3, 0.4) is 0 Å². The molecule has 36 heavy (non-hydrogen) atoms. The Morgan fingerprint density at radius 2 is 1.31 bits per heavy atom. The fourth-order valence-corrected chi connectivity index (χ4v) is 5.68. The summed E-state index contributed by atoms with van der Waals surface area (Å²) in [6.45, 7) is 5.35. The molecule has 1 heterocycles. The third-order valence-corrected chi connectivity index (χ3v) is 7.67. The van der Waals surface area contributed by atoms with Gasteiger partial charge in [-0.1, -0.05) is 92.1 Å². The van der Waals surface area contributed by atoms with Crippen LogP contribution in [-0.2, 0) is 13.0 Å². The lowest BCUT2D eigenvalue weighted by Crippen LogP contribution is -2.51. The van der Waals surface area contributed by atoms with Crippen molar-refractivity contribution in [3.05, 3.63) is 102 Å². The predicted molar refractivity (Wildman–Crippen MR) is 151 cm³/mol. The maximum Gasteiger partial charge on any atom is 0.119 e. The van der Waals surface area contributed by atoms with Crippen molar-refractivity contribution in [3.63, 3.8) is 0 Å². The Kier molecular flexibility index (Phi) is 11.3. The minimum absolute atomic E-state index is 0. The molecule has 4 nitrogen and oxygen atoms in total. The van der Waals surface area contributed by atoms with E-state index in [0.717, 1.165) is 31.3 Å². The van der Waals surface area contributed by atoms with Crippen LogP contribution in [0.4, 0.5) is 0 Å². The molecule has 194 valence electrons. The summed E-state index contributed by atoms with van der Waals surface area (Å²) in [5.74, 6) is 0.935. The fourth-order valence-electron chi connectivity index (χ4n) is 5.68. The van der Waals surface area contributed by atoms with E-state index in [1.807, 2.05) is 6.07 Å². The molecule has 3 aromatic carbocycles. The van der Waals surface area contributed by atoms with Crippen LogP contribution in [0.25, 0.3) is 0 Å². The molecule has 2 N–H and O–H groups in total.